The zero-order chi connectivity index (χ0) is 24.6. The lowest BCUT2D eigenvalue weighted by atomic mass is 10.2. The van der Waals surface area contributed by atoms with Gasteiger partial charge in [-0.05, 0) is 18.1 Å². The molecule has 0 unspecified atom stereocenters. The minimum absolute atomic E-state index is 0.0138. The van der Waals surface area contributed by atoms with E-state index in [1.165, 1.54) is 24.4 Å². The summed E-state index contributed by atoms with van der Waals surface area (Å²) >= 11 is 1.32. The van der Waals surface area contributed by atoms with E-state index in [1.54, 1.807) is 16.8 Å². The molecule has 184 valence electrons. The number of sulfonamides is 1. The number of nitrogen functional groups attached to an aromatic ring is 1. The highest BCUT2D eigenvalue weighted by molar-refractivity contribution is 7.99. The Morgan fingerprint density at radius 2 is 2.00 bits per heavy atom. The van der Waals surface area contributed by atoms with Crippen LogP contribution in [0.3, 0.4) is 0 Å². The molecule has 4 aromatic rings. The maximum absolute atomic E-state index is 12.3. The van der Waals surface area contributed by atoms with Crippen molar-refractivity contribution >= 4 is 38.8 Å². The van der Waals surface area contributed by atoms with Crippen LogP contribution < -0.4 is 19.9 Å². The average molecular weight is 518 g/mol. The summed E-state index contributed by atoms with van der Waals surface area (Å²) in [6, 6.07) is 3.63. The third kappa shape index (κ3) is 4.90. The summed E-state index contributed by atoms with van der Waals surface area (Å²) < 4.78 is 45.7. The van der Waals surface area contributed by atoms with Crippen LogP contribution in [0.5, 0.6) is 11.5 Å². The number of hydrogen-bond donors (Lipinski definition) is 2. The molecular weight excluding hydrogens is 494 g/mol. The van der Waals surface area contributed by atoms with Crippen LogP contribution >= 0.6 is 11.8 Å². The highest BCUT2D eigenvalue weighted by Crippen LogP contribution is 2.44. The third-order valence-electron chi connectivity index (χ3n) is 5.07. The van der Waals surface area contributed by atoms with E-state index >= 15 is 0 Å². The van der Waals surface area contributed by atoms with Crippen LogP contribution in [0.15, 0.2) is 45.4 Å². The SMILES string of the molecule is CC(C)CS(=O)(=O)NCCn1c(Sc2cc3c(cc2-c2ncco2)OCO3)nc2c(N)ncnc21. The largest absolute Gasteiger partial charge is 0.454 e. The zero-order valence-electron chi connectivity index (χ0n) is 19.0. The van der Waals surface area contributed by atoms with E-state index in [1.807, 2.05) is 19.9 Å². The van der Waals surface area contributed by atoms with E-state index in [9.17, 15) is 8.42 Å². The number of oxazole rings is 1. The molecule has 0 spiro atoms. The van der Waals surface area contributed by atoms with Gasteiger partial charge in [0, 0.05) is 18.0 Å². The smallest absolute Gasteiger partial charge is 0.231 e. The number of benzene rings is 1. The highest BCUT2D eigenvalue weighted by Gasteiger charge is 2.24. The molecule has 0 radical (unpaired) electrons. The Morgan fingerprint density at radius 1 is 1.20 bits per heavy atom. The monoisotopic (exact) mass is 517 g/mol. The van der Waals surface area contributed by atoms with Crippen molar-refractivity contribution in [1.29, 1.82) is 0 Å². The number of nitrogens with zero attached hydrogens (tertiary/aromatic N) is 5. The Balaban J connectivity index is 1.51. The van der Waals surface area contributed by atoms with Crippen LogP contribution in [0.2, 0.25) is 0 Å². The molecule has 0 fully saturated rings. The van der Waals surface area contributed by atoms with Crippen molar-refractivity contribution in [2.75, 3.05) is 24.8 Å². The molecule has 12 nitrogen and oxygen atoms in total. The second-order valence-electron chi connectivity index (χ2n) is 8.19. The number of nitrogens with two attached hydrogens (primary N) is 1. The molecule has 1 aromatic carbocycles. The molecule has 1 aliphatic rings. The van der Waals surface area contributed by atoms with E-state index in [0.29, 0.717) is 39.3 Å². The molecule has 3 aromatic heterocycles. The van der Waals surface area contributed by atoms with Gasteiger partial charge in [-0.3, -0.25) is 0 Å². The molecule has 1 aliphatic heterocycles. The minimum atomic E-state index is -3.41. The van der Waals surface area contributed by atoms with Gasteiger partial charge in [-0.15, -0.1) is 0 Å². The Labute approximate surface area is 205 Å². The second-order valence-corrected chi connectivity index (χ2v) is 11.0. The normalized spacial score (nSPS) is 13.2. The fourth-order valence-corrected chi connectivity index (χ4v) is 6.10. The van der Waals surface area contributed by atoms with Crippen molar-refractivity contribution in [2.24, 2.45) is 5.92 Å². The van der Waals surface area contributed by atoms with E-state index in [-0.39, 0.29) is 37.4 Å². The van der Waals surface area contributed by atoms with Crippen LogP contribution in [0.1, 0.15) is 13.8 Å². The fraction of sp³-hybridized carbons (Fsp3) is 0.333. The summed E-state index contributed by atoms with van der Waals surface area (Å²) in [4.78, 5) is 18.1. The first-order valence-electron chi connectivity index (χ1n) is 10.8. The zero-order valence-corrected chi connectivity index (χ0v) is 20.6. The number of ether oxygens (including phenoxy) is 2. The maximum Gasteiger partial charge on any atom is 0.231 e. The molecule has 4 heterocycles. The third-order valence-corrected chi connectivity index (χ3v) is 7.88. The van der Waals surface area contributed by atoms with Crippen molar-refractivity contribution < 1.29 is 22.3 Å². The van der Waals surface area contributed by atoms with Crippen molar-refractivity contribution in [2.45, 2.75) is 30.4 Å². The van der Waals surface area contributed by atoms with Gasteiger partial charge in [-0.25, -0.2) is 33.1 Å². The topological polar surface area (TPSA) is 160 Å². The molecule has 0 saturated carbocycles. The number of anilines is 1. The first kappa shape index (κ1) is 23.4. The average Bonchev–Trinajstić information content (AvgIpc) is 3.53. The predicted molar refractivity (Wildman–Crippen MR) is 129 cm³/mol. The van der Waals surface area contributed by atoms with Crippen LogP contribution in [-0.2, 0) is 16.6 Å². The van der Waals surface area contributed by atoms with Crippen molar-refractivity contribution in [3.8, 4) is 23.0 Å². The quantitative estimate of drug-likeness (QED) is 0.336. The van der Waals surface area contributed by atoms with Gasteiger partial charge < -0.3 is 24.2 Å². The lowest BCUT2D eigenvalue weighted by Crippen LogP contribution is -2.31. The molecule has 5 rings (SSSR count). The molecule has 0 bridgehead atoms. The van der Waals surface area contributed by atoms with Gasteiger partial charge in [0.2, 0.25) is 22.7 Å². The van der Waals surface area contributed by atoms with E-state index in [2.05, 4.69) is 24.7 Å². The number of nitrogens with one attached hydrogen (secondary N) is 1. The number of hydrogen-bond acceptors (Lipinski definition) is 11. The van der Waals surface area contributed by atoms with Crippen LogP contribution in [0.25, 0.3) is 22.6 Å². The molecule has 14 heteroatoms. The van der Waals surface area contributed by atoms with E-state index in [4.69, 9.17) is 19.6 Å². The van der Waals surface area contributed by atoms with Gasteiger partial charge >= 0.3 is 0 Å². The predicted octanol–water partition coefficient (Wildman–Crippen LogP) is 2.52. The van der Waals surface area contributed by atoms with E-state index in [0.717, 1.165) is 4.90 Å². The van der Waals surface area contributed by atoms with Gasteiger partial charge in [0.25, 0.3) is 0 Å². The van der Waals surface area contributed by atoms with Crippen LogP contribution in [0.4, 0.5) is 5.82 Å². The van der Waals surface area contributed by atoms with Crippen molar-refractivity contribution in [3.05, 3.63) is 30.9 Å². The molecule has 3 N–H and O–H groups in total. The summed E-state index contributed by atoms with van der Waals surface area (Å²) in [5, 5.41) is 0.543. The van der Waals surface area contributed by atoms with Gasteiger partial charge in [0.15, 0.2) is 33.6 Å². The first-order chi connectivity index (χ1) is 16.8. The van der Waals surface area contributed by atoms with Crippen LogP contribution in [-0.4, -0.2) is 52.0 Å². The lowest BCUT2D eigenvalue weighted by Gasteiger charge is -2.12. The summed E-state index contributed by atoms with van der Waals surface area (Å²) in [6.45, 7) is 4.27. The summed E-state index contributed by atoms with van der Waals surface area (Å²) in [5.41, 5.74) is 7.68. The molecule has 0 amide bonds. The van der Waals surface area contributed by atoms with Crippen molar-refractivity contribution in [3.63, 3.8) is 0 Å². The molecule has 0 aliphatic carbocycles. The van der Waals surface area contributed by atoms with E-state index < -0.39 is 10.0 Å². The summed E-state index contributed by atoms with van der Waals surface area (Å²) in [6.07, 6.45) is 4.40. The highest BCUT2D eigenvalue weighted by atomic mass is 32.2. The Kier molecular flexibility index (Phi) is 6.25. The molecule has 0 saturated heterocycles. The number of fused-ring (bicyclic) bond motifs is 2. The minimum Gasteiger partial charge on any atom is -0.454 e. The van der Waals surface area contributed by atoms with Crippen LogP contribution in [0, 0.1) is 5.92 Å². The first-order valence-corrected chi connectivity index (χ1v) is 13.2. The standard InChI is InChI=1S/C21H23N7O5S2/c1-12(2)9-35(29,30)26-3-5-28-19-17(18(22)24-10-25-19)27-21(28)34-16-8-15-14(32-11-33-15)7-13(16)20-23-4-6-31-20/h4,6-8,10,12,26H,3,5,9,11H2,1-2H3,(H2,22,24,25). The molecule has 35 heavy (non-hydrogen) atoms. The van der Waals surface area contributed by atoms with Gasteiger partial charge in [-0.1, -0.05) is 25.6 Å². The number of imidazole rings is 1. The lowest BCUT2D eigenvalue weighted by molar-refractivity contribution is 0.174. The number of aromatic nitrogens is 5. The Morgan fingerprint density at radius 3 is 2.74 bits per heavy atom. The Hall–Kier alpha value is -3.36. The van der Waals surface area contributed by atoms with Gasteiger partial charge in [0.1, 0.15) is 12.6 Å². The fourth-order valence-electron chi connectivity index (χ4n) is 3.65. The second kappa shape index (κ2) is 9.36. The maximum atomic E-state index is 12.3. The summed E-state index contributed by atoms with van der Waals surface area (Å²) in [5.74, 6) is 1.88. The molecule has 0 atom stereocenters. The number of rotatable bonds is 9. The molecular formula is C21H23N7O5S2. The van der Waals surface area contributed by atoms with Crippen molar-refractivity contribution in [1.82, 2.24) is 29.2 Å². The summed E-state index contributed by atoms with van der Waals surface area (Å²) in [7, 11) is -3.41. The van der Waals surface area contributed by atoms with Gasteiger partial charge in [-0.2, -0.15) is 0 Å². The van der Waals surface area contributed by atoms with Gasteiger partial charge in [0.05, 0.1) is 17.5 Å². The Bertz CT molecular complexity index is 1470.